The Bertz CT molecular complexity index is 224. The standard InChI is InChI=1S/C8H14N4/c1-7(11-9)12(10)8-5-3-2-4-6-8/h2-7,11H,9-10H2,1H3. The van der Waals surface area contributed by atoms with Gasteiger partial charge in [-0.2, -0.15) is 0 Å². The lowest BCUT2D eigenvalue weighted by atomic mass is 10.3. The second kappa shape index (κ2) is 4.06. The third-order valence-corrected chi connectivity index (χ3v) is 1.71. The smallest absolute Gasteiger partial charge is 0.104 e. The van der Waals surface area contributed by atoms with Gasteiger partial charge in [0.15, 0.2) is 0 Å². The van der Waals surface area contributed by atoms with Gasteiger partial charge in [-0.3, -0.25) is 10.9 Å². The average Bonchev–Trinajstić information content (AvgIpc) is 2.17. The van der Waals surface area contributed by atoms with Crippen molar-refractivity contribution in [3.05, 3.63) is 30.3 Å². The number of nitrogens with one attached hydrogen (secondary N) is 1. The van der Waals surface area contributed by atoms with Crippen molar-refractivity contribution in [3.8, 4) is 0 Å². The van der Waals surface area contributed by atoms with E-state index in [2.05, 4.69) is 5.43 Å². The van der Waals surface area contributed by atoms with E-state index in [-0.39, 0.29) is 6.17 Å². The number of hydrogen-bond acceptors (Lipinski definition) is 4. The van der Waals surface area contributed by atoms with Crippen LogP contribution >= 0.6 is 0 Å². The van der Waals surface area contributed by atoms with E-state index in [0.29, 0.717) is 0 Å². The van der Waals surface area contributed by atoms with E-state index < -0.39 is 0 Å². The summed E-state index contributed by atoms with van der Waals surface area (Å²) in [6.07, 6.45) is -0.0765. The van der Waals surface area contributed by atoms with Crippen molar-refractivity contribution < 1.29 is 0 Å². The molecule has 1 aromatic rings. The predicted octanol–water partition coefficient (Wildman–Crippen LogP) is 0.176. The van der Waals surface area contributed by atoms with Crippen LogP contribution in [0, 0.1) is 0 Å². The zero-order valence-electron chi connectivity index (χ0n) is 7.07. The molecule has 1 aromatic carbocycles. The van der Waals surface area contributed by atoms with Crippen LogP contribution in [-0.2, 0) is 0 Å². The van der Waals surface area contributed by atoms with Crippen LogP contribution in [0.5, 0.6) is 0 Å². The number of nitrogens with two attached hydrogens (primary N) is 2. The molecule has 0 spiro atoms. The van der Waals surface area contributed by atoms with Crippen molar-refractivity contribution in [1.82, 2.24) is 5.43 Å². The number of anilines is 1. The topological polar surface area (TPSA) is 67.3 Å². The maximum Gasteiger partial charge on any atom is 0.104 e. The molecule has 0 heterocycles. The lowest BCUT2D eigenvalue weighted by Crippen LogP contribution is -2.50. The zero-order chi connectivity index (χ0) is 8.97. The lowest BCUT2D eigenvalue weighted by Gasteiger charge is -2.25. The van der Waals surface area contributed by atoms with Crippen LogP contribution < -0.4 is 22.1 Å². The molecule has 0 radical (unpaired) electrons. The van der Waals surface area contributed by atoms with Gasteiger partial charge in [-0.15, -0.1) is 0 Å². The van der Waals surface area contributed by atoms with Gasteiger partial charge in [0.25, 0.3) is 0 Å². The first-order valence-electron chi connectivity index (χ1n) is 3.81. The van der Waals surface area contributed by atoms with Crippen LogP contribution in [0.1, 0.15) is 6.92 Å². The van der Waals surface area contributed by atoms with Gasteiger partial charge in [-0.05, 0) is 19.1 Å². The molecule has 0 fully saturated rings. The minimum Gasteiger partial charge on any atom is -0.293 e. The second-order valence-corrected chi connectivity index (χ2v) is 2.59. The molecule has 1 unspecified atom stereocenters. The molecule has 0 aliphatic rings. The molecule has 0 bridgehead atoms. The summed E-state index contributed by atoms with van der Waals surface area (Å²) in [5.74, 6) is 11.0. The number of hydrazine groups is 2. The first-order valence-corrected chi connectivity index (χ1v) is 3.81. The van der Waals surface area contributed by atoms with Crippen molar-refractivity contribution in [2.45, 2.75) is 13.1 Å². The Kier molecular flexibility index (Phi) is 3.04. The summed E-state index contributed by atoms with van der Waals surface area (Å²) in [6, 6.07) is 9.65. The summed E-state index contributed by atoms with van der Waals surface area (Å²) in [5.41, 5.74) is 3.50. The molecule has 5 N–H and O–H groups in total. The molecule has 1 atom stereocenters. The van der Waals surface area contributed by atoms with Crippen LogP contribution in [0.15, 0.2) is 30.3 Å². The van der Waals surface area contributed by atoms with Gasteiger partial charge < -0.3 is 0 Å². The molecule has 0 saturated carbocycles. The highest BCUT2D eigenvalue weighted by Crippen LogP contribution is 2.10. The lowest BCUT2D eigenvalue weighted by molar-refractivity contribution is 0.541. The summed E-state index contributed by atoms with van der Waals surface area (Å²) in [4.78, 5) is 0. The Labute approximate surface area is 72.1 Å². The fraction of sp³-hybridized carbons (Fsp3) is 0.250. The van der Waals surface area contributed by atoms with E-state index in [1.54, 1.807) is 5.01 Å². The maximum atomic E-state index is 5.74. The van der Waals surface area contributed by atoms with Gasteiger partial charge in [-0.1, -0.05) is 18.2 Å². The SMILES string of the molecule is CC(NN)N(N)c1ccccc1. The van der Waals surface area contributed by atoms with Crippen LogP contribution in [-0.4, -0.2) is 6.17 Å². The van der Waals surface area contributed by atoms with Crippen molar-refractivity contribution in [2.24, 2.45) is 11.7 Å². The van der Waals surface area contributed by atoms with E-state index in [1.165, 1.54) is 0 Å². The Balaban J connectivity index is 2.71. The van der Waals surface area contributed by atoms with Crippen LogP contribution in [0.25, 0.3) is 0 Å². The Morgan fingerprint density at radius 2 is 1.92 bits per heavy atom. The molecule has 66 valence electrons. The zero-order valence-corrected chi connectivity index (χ0v) is 7.07. The monoisotopic (exact) mass is 166 g/mol. The largest absolute Gasteiger partial charge is 0.293 e. The molecule has 12 heavy (non-hydrogen) atoms. The molecule has 0 aromatic heterocycles. The van der Waals surface area contributed by atoms with E-state index in [1.807, 2.05) is 37.3 Å². The van der Waals surface area contributed by atoms with Crippen LogP contribution in [0.4, 0.5) is 5.69 Å². The maximum absolute atomic E-state index is 5.74. The molecule has 4 heteroatoms. The molecule has 0 aliphatic carbocycles. The normalized spacial score (nSPS) is 12.6. The summed E-state index contributed by atoms with van der Waals surface area (Å²) in [5, 5.41) is 1.57. The number of rotatable bonds is 3. The molecule has 0 aliphatic heterocycles. The van der Waals surface area contributed by atoms with E-state index in [0.717, 1.165) is 5.69 Å². The minimum absolute atomic E-state index is 0.0765. The van der Waals surface area contributed by atoms with Crippen molar-refractivity contribution in [2.75, 3.05) is 5.01 Å². The van der Waals surface area contributed by atoms with Crippen molar-refractivity contribution >= 4 is 5.69 Å². The second-order valence-electron chi connectivity index (χ2n) is 2.59. The highest BCUT2D eigenvalue weighted by molar-refractivity contribution is 5.44. The number of benzene rings is 1. The fourth-order valence-corrected chi connectivity index (χ4v) is 0.904. The first kappa shape index (κ1) is 8.99. The summed E-state index contributed by atoms with van der Waals surface area (Å²) >= 11 is 0. The summed E-state index contributed by atoms with van der Waals surface area (Å²) in [7, 11) is 0. The molecular weight excluding hydrogens is 152 g/mol. The van der Waals surface area contributed by atoms with Gasteiger partial charge in [0.2, 0.25) is 0 Å². The highest BCUT2D eigenvalue weighted by Gasteiger charge is 2.06. The van der Waals surface area contributed by atoms with Gasteiger partial charge in [0.1, 0.15) is 6.17 Å². The Morgan fingerprint density at radius 3 is 2.42 bits per heavy atom. The first-order chi connectivity index (χ1) is 5.75. The van der Waals surface area contributed by atoms with Crippen LogP contribution in [0.2, 0.25) is 0 Å². The number of hydrogen-bond donors (Lipinski definition) is 3. The average molecular weight is 166 g/mol. The van der Waals surface area contributed by atoms with E-state index >= 15 is 0 Å². The van der Waals surface area contributed by atoms with E-state index in [4.69, 9.17) is 11.7 Å². The molecule has 4 nitrogen and oxygen atoms in total. The molecule has 0 amide bonds. The van der Waals surface area contributed by atoms with Crippen molar-refractivity contribution in [1.29, 1.82) is 0 Å². The Hall–Kier alpha value is -1.10. The molecular formula is C8H14N4. The van der Waals surface area contributed by atoms with Gasteiger partial charge >= 0.3 is 0 Å². The van der Waals surface area contributed by atoms with Crippen molar-refractivity contribution in [3.63, 3.8) is 0 Å². The van der Waals surface area contributed by atoms with Gasteiger partial charge in [0, 0.05) is 0 Å². The quantitative estimate of drug-likeness (QED) is 0.340. The number of nitrogens with zero attached hydrogens (tertiary/aromatic N) is 1. The number of para-hydroxylation sites is 1. The van der Waals surface area contributed by atoms with E-state index in [9.17, 15) is 0 Å². The van der Waals surface area contributed by atoms with Gasteiger partial charge in [-0.25, -0.2) is 11.3 Å². The minimum atomic E-state index is -0.0765. The Morgan fingerprint density at radius 1 is 1.33 bits per heavy atom. The van der Waals surface area contributed by atoms with Gasteiger partial charge in [0.05, 0.1) is 5.69 Å². The predicted molar refractivity (Wildman–Crippen MR) is 49.9 cm³/mol. The summed E-state index contributed by atoms with van der Waals surface area (Å²) < 4.78 is 0. The van der Waals surface area contributed by atoms with Crippen LogP contribution in [0.3, 0.4) is 0 Å². The highest BCUT2D eigenvalue weighted by atomic mass is 15.5. The third kappa shape index (κ3) is 1.94. The molecule has 0 saturated heterocycles. The third-order valence-electron chi connectivity index (χ3n) is 1.71. The summed E-state index contributed by atoms with van der Waals surface area (Å²) in [6.45, 7) is 1.88. The fourth-order valence-electron chi connectivity index (χ4n) is 0.904. The molecule has 1 rings (SSSR count).